The highest BCUT2D eigenvalue weighted by Gasteiger charge is 2.19. The van der Waals surface area contributed by atoms with Crippen molar-refractivity contribution < 1.29 is 23.8 Å². The third-order valence-electron chi connectivity index (χ3n) is 2.49. The normalized spacial score (nSPS) is 10.3. The Kier molecular flexibility index (Phi) is 3.89. The average Bonchev–Trinajstić information content (AvgIpc) is 2.33. The Balaban J connectivity index is 2.38. The first-order chi connectivity index (χ1) is 9.40. The Labute approximate surface area is 120 Å². The molecule has 0 aliphatic heterocycles. The highest BCUT2D eigenvalue weighted by Crippen LogP contribution is 2.30. The molecule has 2 rings (SSSR count). The van der Waals surface area contributed by atoms with Gasteiger partial charge in [0.2, 0.25) is 0 Å². The number of anilines is 1. The van der Waals surface area contributed by atoms with Gasteiger partial charge in [-0.15, -0.1) is 0 Å². The summed E-state index contributed by atoms with van der Waals surface area (Å²) in [6.07, 6.45) is 0. The molecule has 0 aliphatic carbocycles. The third kappa shape index (κ3) is 2.72. The van der Waals surface area contributed by atoms with E-state index in [9.17, 15) is 23.8 Å². The summed E-state index contributed by atoms with van der Waals surface area (Å²) < 4.78 is 26.5. The molecule has 20 heavy (non-hydrogen) atoms. The first kappa shape index (κ1) is 14.3. The third-order valence-corrected chi connectivity index (χ3v) is 3.12. The van der Waals surface area contributed by atoms with E-state index in [1.165, 1.54) is 18.2 Å². The van der Waals surface area contributed by atoms with Crippen molar-refractivity contribution in [2.24, 2.45) is 0 Å². The molecule has 0 saturated heterocycles. The fraction of sp³-hybridized carbons (Fsp3) is 0. The number of hydrogen-bond donors (Lipinski definition) is 3. The maximum absolute atomic E-state index is 13.6. The minimum atomic E-state index is -0.986. The Hall–Kier alpha value is -2.15. The molecular formula is C13H8BrF2NO3. The molecule has 0 unspecified atom stereocenters. The van der Waals surface area contributed by atoms with E-state index >= 15 is 0 Å². The van der Waals surface area contributed by atoms with Crippen molar-refractivity contribution >= 4 is 27.5 Å². The maximum Gasteiger partial charge on any atom is 0.263 e. The van der Waals surface area contributed by atoms with Gasteiger partial charge in [-0.2, -0.15) is 0 Å². The summed E-state index contributed by atoms with van der Waals surface area (Å²) in [5.74, 6) is -3.63. The van der Waals surface area contributed by atoms with Crippen LogP contribution in [0.2, 0.25) is 0 Å². The summed E-state index contributed by atoms with van der Waals surface area (Å²) in [4.78, 5) is 11.9. The van der Waals surface area contributed by atoms with Gasteiger partial charge < -0.3 is 15.5 Å². The molecule has 0 bridgehead atoms. The van der Waals surface area contributed by atoms with Crippen LogP contribution >= 0.6 is 15.9 Å². The molecule has 0 aromatic heterocycles. The van der Waals surface area contributed by atoms with Gasteiger partial charge in [0.25, 0.3) is 5.91 Å². The number of hydrogen-bond acceptors (Lipinski definition) is 3. The van der Waals surface area contributed by atoms with Crippen LogP contribution in [-0.4, -0.2) is 16.1 Å². The van der Waals surface area contributed by atoms with E-state index in [0.717, 1.165) is 6.07 Å². The number of carbonyl (C=O) groups excluding carboxylic acids is 1. The largest absolute Gasteiger partial charge is 0.507 e. The second-order valence-corrected chi connectivity index (χ2v) is 4.72. The van der Waals surface area contributed by atoms with Gasteiger partial charge in [0.05, 0.1) is 5.69 Å². The van der Waals surface area contributed by atoms with E-state index in [1.807, 2.05) is 0 Å². The lowest BCUT2D eigenvalue weighted by atomic mass is 10.1. The Morgan fingerprint density at radius 2 is 1.75 bits per heavy atom. The lowest BCUT2D eigenvalue weighted by Gasteiger charge is -2.10. The zero-order valence-corrected chi connectivity index (χ0v) is 11.4. The molecule has 1 amide bonds. The first-order valence-electron chi connectivity index (χ1n) is 5.37. The Bertz CT molecular complexity index is 648. The summed E-state index contributed by atoms with van der Waals surface area (Å²) in [6, 6.07) is 5.32. The van der Waals surface area contributed by atoms with E-state index in [2.05, 4.69) is 21.2 Å². The van der Waals surface area contributed by atoms with Gasteiger partial charge in [0, 0.05) is 10.5 Å². The Morgan fingerprint density at radius 1 is 1.15 bits per heavy atom. The molecule has 7 heteroatoms. The fourth-order valence-corrected chi connectivity index (χ4v) is 2.11. The lowest BCUT2D eigenvalue weighted by Crippen LogP contribution is -2.14. The summed E-state index contributed by atoms with van der Waals surface area (Å²) >= 11 is 2.92. The fourth-order valence-electron chi connectivity index (χ4n) is 1.60. The van der Waals surface area contributed by atoms with Crippen molar-refractivity contribution in [3.8, 4) is 11.5 Å². The quantitative estimate of drug-likeness (QED) is 0.782. The summed E-state index contributed by atoms with van der Waals surface area (Å²) in [7, 11) is 0. The molecule has 0 fully saturated rings. The summed E-state index contributed by atoms with van der Waals surface area (Å²) in [5, 5.41) is 21.2. The predicted molar refractivity (Wildman–Crippen MR) is 71.8 cm³/mol. The van der Waals surface area contributed by atoms with Crippen LogP contribution in [0.1, 0.15) is 10.4 Å². The van der Waals surface area contributed by atoms with Crippen LogP contribution in [0.15, 0.2) is 34.8 Å². The minimum absolute atomic E-state index is 0.00161. The second kappa shape index (κ2) is 5.46. The van der Waals surface area contributed by atoms with Crippen LogP contribution in [0.4, 0.5) is 14.5 Å². The number of halogens is 3. The van der Waals surface area contributed by atoms with Crippen LogP contribution in [0, 0.1) is 11.6 Å². The summed E-state index contributed by atoms with van der Waals surface area (Å²) in [6.45, 7) is 0. The van der Waals surface area contributed by atoms with Crippen molar-refractivity contribution in [3.05, 3.63) is 52.0 Å². The molecule has 0 aliphatic rings. The average molecular weight is 344 g/mol. The number of phenolic OH excluding ortho intramolecular Hbond substituents is 2. The van der Waals surface area contributed by atoms with Crippen molar-refractivity contribution in [1.82, 2.24) is 0 Å². The van der Waals surface area contributed by atoms with Gasteiger partial charge in [-0.05, 0) is 34.1 Å². The topological polar surface area (TPSA) is 69.6 Å². The van der Waals surface area contributed by atoms with Crippen molar-refractivity contribution in [3.63, 3.8) is 0 Å². The van der Waals surface area contributed by atoms with Gasteiger partial charge in [-0.3, -0.25) is 4.79 Å². The zero-order valence-electron chi connectivity index (χ0n) is 9.82. The molecule has 0 radical (unpaired) electrons. The number of amides is 1. The molecule has 104 valence electrons. The van der Waals surface area contributed by atoms with Crippen LogP contribution in [0.25, 0.3) is 0 Å². The van der Waals surface area contributed by atoms with Crippen molar-refractivity contribution in [2.45, 2.75) is 0 Å². The highest BCUT2D eigenvalue weighted by molar-refractivity contribution is 9.10. The minimum Gasteiger partial charge on any atom is -0.507 e. The molecule has 4 nitrogen and oxygen atoms in total. The smallest absolute Gasteiger partial charge is 0.263 e. The maximum atomic E-state index is 13.6. The molecule has 0 saturated carbocycles. The first-order valence-corrected chi connectivity index (χ1v) is 6.16. The van der Waals surface area contributed by atoms with E-state index in [-0.39, 0.29) is 10.2 Å². The van der Waals surface area contributed by atoms with E-state index in [0.29, 0.717) is 6.07 Å². The molecule has 0 heterocycles. The number of rotatable bonds is 2. The number of benzene rings is 2. The molecule has 2 aromatic rings. The molecule has 2 aromatic carbocycles. The molecule has 0 spiro atoms. The zero-order chi connectivity index (χ0) is 14.9. The predicted octanol–water partition coefficient (Wildman–Crippen LogP) is 3.39. The lowest BCUT2D eigenvalue weighted by molar-refractivity contribution is 0.102. The van der Waals surface area contributed by atoms with Gasteiger partial charge in [0.1, 0.15) is 22.9 Å². The Morgan fingerprint density at radius 3 is 2.30 bits per heavy atom. The van der Waals surface area contributed by atoms with Crippen LogP contribution in [0.3, 0.4) is 0 Å². The highest BCUT2D eigenvalue weighted by atomic mass is 79.9. The van der Waals surface area contributed by atoms with E-state index in [1.54, 1.807) is 0 Å². The number of phenols is 2. The number of carbonyl (C=O) groups is 1. The number of nitrogens with one attached hydrogen (secondary N) is 1. The monoisotopic (exact) mass is 343 g/mol. The summed E-state index contributed by atoms with van der Waals surface area (Å²) in [5.41, 5.74) is -0.692. The van der Waals surface area contributed by atoms with Gasteiger partial charge in [-0.1, -0.05) is 6.07 Å². The second-order valence-electron chi connectivity index (χ2n) is 3.87. The molecular weight excluding hydrogens is 336 g/mol. The van der Waals surface area contributed by atoms with Gasteiger partial charge in [0.15, 0.2) is 5.82 Å². The van der Waals surface area contributed by atoms with Crippen molar-refractivity contribution in [1.29, 1.82) is 0 Å². The molecule has 0 atom stereocenters. The number of aromatic hydroxyl groups is 2. The van der Waals surface area contributed by atoms with Crippen molar-refractivity contribution in [2.75, 3.05) is 5.32 Å². The van der Waals surface area contributed by atoms with Crippen LogP contribution in [-0.2, 0) is 0 Å². The standard InChI is InChI=1S/C13H8BrF2NO3/c14-7-4-6(15)5-8(16)12(7)17-13(20)11-9(18)2-1-3-10(11)19/h1-5,18-19H,(H,17,20). The van der Waals surface area contributed by atoms with E-state index in [4.69, 9.17) is 0 Å². The van der Waals surface area contributed by atoms with Crippen LogP contribution < -0.4 is 5.32 Å². The van der Waals surface area contributed by atoms with Gasteiger partial charge in [-0.25, -0.2) is 8.78 Å². The molecule has 3 N–H and O–H groups in total. The van der Waals surface area contributed by atoms with Crippen LogP contribution in [0.5, 0.6) is 11.5 Å². The van der Waals surface area contributed by atoms with Gasteiger partial charge >= 0.3 is 0 Å². The SMILES string of the molecule is O=C(Nc1c(F)cc(F)cc1Br)c1c(O)cccc1O. The van der Waals surface area contributed by atoms with E-state index < -0.39 is 34.6 Å².